The van der Waals surface area contributed by atoms with Crippen molar-refractivity contribution in [3.05, 3.63) is 36.0 Å². The zero-order chi connectivity index (χ0) is 11.7. The summed E-state index contributed by atoms with van der Waals surface area (Å²) in [6, 6.07) is 8.79. The quantitative estimate of drug-likeness (QED) is 0.858. The number of nitrogens with zero attached hydrogens (tertiary/aromatic N) is 1. The molecule has 0 aliphatic carbocycles. The number of pyridine rings is 1. The van der Waals surface area contributed by atoms with Crippen LogP contribution in [0.1, 0.15) is 12.0 Å². The summed E-state index contributed by atoms with van der Waals surface area (Å²) in [4.78, 5) is 4.44. The number of fused-ring (bicyclic) bond motifs is 1. The molecule has 3 rings (SSSR count). The fourth-order valence-electron chi connectivity index (χ4n) is 2.31. The van der Waals surface area contributed by atoms with Gasteiger partial charge in [-0.15, -0.1) is 0 Å². The van der Waals surface area contributed by atoms with Gasteiger partial charge in [-0.25, -0.2) is 0 Å². The molecule has 1 unspecified atom stereocenters. The Morgan fingerprint density at radius 1 is 1.35 bits per heavy atom. The van der Waals surface area contributed by atoms with E-state index in [0.29, 0.717) is 6.04 Å². The average Bonchev–Trinajstić information content (AvgIpc) is 2.86. The molecule has 0 radical (unpaired) electrons. The summed E-state index contributed by atoms with van der Waals surface area (Å²) in [5, 5.41) is 4.74. The minimum Gasteiger partial charge on any atom is -0.379 e. The standard InChI is InChI=1S/C14H16N2O/c1-10-4-5-13(16-11-6-8-17-9-11)12-3-2-7-15-14(10)12/h2-5,7,11,16H,6,8-9H2,1H3. The number of rotatable bonds is 2. The maximum absolute atomic E-state index is 5.39. The van der Waals surface area contributed by atoms with Crippen LogP contribution >= 0.6 is 0 Å². The molecule has 1 aliphatic heterocycles. The maximum atomic E-state index is 5.39. The number of nitrogens with one attached hydrogen (secondary N) is 1. The van der Waals surface area contributed by atoms with E-state index in [-0.39, 0.29) is 0 Å². The molecule has 2 heterocycles. The number of aromatic nitrogens is 1. The number of hydrogen-bond donors (Lipinski definition) is 1. The Bertz CT molecular complexity index is 533. The minimum atomic E-state index is 0.432. The minimum absolute atomic E-state index is 0.432. The van der Waals surface area contributed by atoms with E-state index in [1.165, 1.54) is 10.9 Å². The second-order valence-corrected chi connectivity index (χ2v) is 4.53. The van der Waals surface area contributed by atoms with E-state index in [1.54, 1.807) is 0 Å². The molecule has 1 N–H and O–H groups in total. The third-order valence-electron chi connectivity index (χ3n) is 3.26. The van der Waals surface area contributed by atoms with E-state index >= 15 is 0 Å². The lowest BCUT2D eigenvalue weighted by molar-refractivity contribution is 0.195. The van der Waals surface area contributed by atoms with Gasteiger partial charge in [-0.1, -0.05) is 6.07 Å². The Morgan fingerprint density at radius 3 is 3.12 bits per heavy atom. The predicted octanol–water partition coefficient (Wildman–Crippen LogP) is 2.74. The molecule has 17 heavy (non-hydrogen) atoms. The van der Waals surface area contributed by atoms with Gasteiger partial charge >= 0.3 is 0 Å². The van der Waals surface area contributed by atoms with Crippen LogP contribution < -0.4 is 5.32 Å². The molecule has 0 saturated carbocycles. The van der Waals surface area contributed by atoms with Crippen LogP contribution in [0.2, 0.25) is 0 Å². The third-order valence-corrected chi connectivity index (χ3v) is 3.26. The van der Waals surface area contributed by atoms with Crippen molar-refractivity contribution < 1.29 is 4.74 Å². The summed E-state index contributed by atoms with van der Waals surface area (Å²) >= 11 is 0. The molecule has 1 aromatic carbocycles. The summed E-state index contributed by atoms with van der Waals surface area (Å²) < 4.78 is 5.39. The molecule has 0 bridgehead atoms. The predicted molar refractivity (Wildman–Crippen MR) is 69.3 cm³/mol. The Balaban J connectivity index is 2.01. The highest BCUT2D eigenvalue weighted by atomic mass is 16.5. The number of benzene rings is 1. The lowest BCUT2D eigenvalue weighted by Crippen LogP contribution is -2.19. The first-order chi connectivity index (χ1) is 8.34. The van der Waals surface area contributed by atoms with Crippen LogP contribution in [0, 0.1) is 6.92 Å². The zero-order valence-corrected chi connectivity index (χ0v) is 9.94. The van der Waals surface area contributed by atoms with Crippen molar-refractivity contribution in [2.24, 2.45) is 0 Å². The lowest BCUT2D eigenvalue weighted by atomic mass is 10.1. The smallest absolute Gasteiger partial charge is 0.0751 e. The van der Waals surface area contributed by atoms with Gasteiger partial charge in [0.05, 0.1) is 18.2 Å². The van der Waals surface area contributed by atoms with E-state index in [4.69, 9.17) is 4.74 Å². The van der Waals surface area contributed by atoms with E-state index in [0.717, 1.165) is 30.8 Å². The normalized spacial score (nSPS) is 19.7. The molecular formula is C14H16N2O. The van der Waals surface area contributed by atoms with Crippen LogP contribution in [0.15, 0.2) is 30.5 Å². The molecule has 1 aliphatic rings. The molecule has 1 fully saturated rings. The fraction of sp³-hybridized carbons (Fsp3) is 0.357. The van der Waals surface area contributed by atoms with Crippen molar-refractivity contribution in [1.82, 2.24) is 4.98 Å². The van der Waals surface area contributed by atoms with Gasteiger partial charge in [0.25, 0.3) is 0 Å². The number of aryl methyl sites for hydroxylation is 1. The molecule has 3 heteroatoms. The second kappa shape index (κ2) is 4.34. The Morgan fingerprint density at radius 2 is 2.29 bits per heavy atom. The highest BCUT2D eigenvalue weighted by Crippen LogP contribution is 2.26. The average molecular weight is 228 g/mol. The first-order valence-electron chi connectivity index (χ1n) is 6.03. The first kappa shape index (κ1) is 10.5. The number of ether oxygens (including phenoxy) is 1. The monoisotopic (exact) mass is 228 g/mol. The lowest BCUT2D eigenvalue weighted by Gasteiger charge is -2.15. The summed E-state index contributed by atoms with van der Waals surface area (Å²) in [5.74, 6) is 0. The van der Waals surface area contributed by atoms with Crippen LogP contribution in [-0.4, -0.2) is 24.2 Å². The van der Waals surface area contributed by atoms with Crippen LogP contribution in [0.25, 0.3) is 10.9 Å². The van der Waals surface area contributed by atoms with Gasteiger partial charge < -0.3 is 10.1 Å². The van der Waals surface area contributed by atoms with Crippen molar-refractivity contribution in [3.63, 3.8) is 0 Å². The third kappa shape index (κ3) is 1.98. The van der Waals surface area contributed by atoms with Crippen molar-refractivity contribution in [2.45, 2.75) is 19.4 Å². The van der Waals surface area contributed by atoms with E-state index in [1.807, 2.05) is 12.3 Å². The van der Waals surface area contributed by atoms with Gasteiger partial charge in [0.1, 0.15) is 0 Å². The summed E-state index contributed by atoms with van der Waals surface area (Å²) in [7, 11) is 0. The van der Waals surface area contributed by atoms with Gasteiger partial charge in [-0.2, -0.15) is 0 Å². The first-order valence-corrected chi connectivity index (χ1v) is 6.03. The Labute approximate surface area is 101 Å². The zero-order valence-electron chi connectivity index (χ0n) is 9.94. The van der Waals surface area contributed by atoms with Crippen LogP contribution in [0.4, 0.5) is 5.69 Å². The Hall–Kier alpha value is -1.61. The van der Waals surface area contributed by atoms with Crippen molar-refractivity contribution >= 4 is 16.6 Å². The number of anilines is 1. The SMILES string of the molecule is Cc1ccc(NC2CCOC2)c2cccnc12. The van der Waals surface area contributed by atoms with Gasteiger partial charge in [0.15, 0.2) is 0 Å². The molecular weight excluding hydrogens is 212 g/mol. The van der Waals surface area contributed by atoms with E-state index in [9.17, 15) is 0 Å². The molecule has 1 aromatic heterocycles. The topological polar surface area (TPSA) is 34.1 Å². The highest BCUT2D eigenvalue weighted by molar-refractivity contribution is 5.93. The van der Waals surface area contributed by atoms with E-state index < -0.39 is 0 Å². The van der Waals surface area contributed by atoms with Crippen LogP contribution in [0.3, 0.4) is 0 Å². The summed E-state index contributed by atoms with van der Waals surface area (Å²) in [6.07, 6.45) is 2.92. The maximum Gasteiger partial charge on any atom is 0.0751 e. The Kier molecular flexibility index (Phi) is 2.69. The molecule has 88 valence electrons. The highest BCUT2D eigenvalue weighted by Gasteiger charge is 2.16. The van der Waals surface area contributed by atoms with Gasteiger partial charge in [0.2, 0.25) is 0 Å². The fourth-order valence-corrected chi connectivity index (χ4v) is 2.31. The van der Waals surface area contributed by atoms with Crippen molar-refractivity contribution in [3.8, 4) is 0 Å². The van der Waals surface area contributed by atoms with Crippen LogP contribution in [0.5, 0.6) is 0 Å². The summed E-state index contributed by atoms with van der Waals surface area (Å²) in [6.45, 7) is 3.76. The van der Waals surface area contributed by atoms with Crippen molar-refractivity contribution in [2.75, 3.05) is 18.5 Å². The van der Waals surface area contributed by atoms with Gasteiger partial charge in [-0.05, 0) is 37.1 Å². The second-order valence-electron chi connectivity index (χ2n) is 4.53. The molecule has 1 atom stereocenters. The largest absolute Gasteiger partial charge is 0.379 e. The van der Waals surface area contributed by atoms with E-state index in [2.05, 4.69) is 35.4 Å². The summed E-state index contributed by atoms with van der Waals surface area (Å²) in [5.41, 5.74) is 3.46. The molecule has 1 saturated heterocycles. The van der Waals surface area contributed by atoms with Gasteiger partial charge in [-0.3, -0.25) is 4.98 Å². The molecule has 0 amide bonds. The molecule has 0 spiro atoms. The van der Waals surface area contributed by atoms with Crippen molar-refractivity contribution in [1.29, 1.82) is 0 Å². The molecule has 2 aromatic rings. The van der Waals surface area contributed by atoms with Crippen LogP contribution in [-0.2, 0) is 4.74 Å². The number of hydrogen-bond acceptors (Lipinski definition) is 3. The molecule has 3 nitrogen and oxygen atoms in total. The van der Waals surface area contributed by atoms with Gasteiger partial charge in [0, 0.05) is 23.9 Å².